The number of nitrogens with zero attached hydrogens (tertiary/aromatic N) is 3. The summed E-state index contributed by atoms with van der Waals surface area (Å²) >= 11 is 6.10. The SMILES string of the molecule is Nc1cc(OCc2cc(Cl)ccc2S(=O)(=O)Cc2ccccc2)c2n[nH]nc2n1. The lowest BCUT2D eigenvalue weighted by atomic mass is 10.2. The Morgan fingerprint density at radius 2 is 1.86 bits per heavy atom. The van der Waals surface area contributed by atoms with Crippen molar-refractivity contribution >= 4 is 38.4 Å². The molecule has 2 heterocycles. The van der Waals surface area contributed by atoms with Gasteiger partial charge in [0.25, 0.3) is 0 Å². The lowest BCUT2D eigenvalue weighted by molar-refractivity contribution is 0.306. The zero-order chi connectivity index (χ0) is 20.4. The Morgan fingerprint density at radius 3 is 2.66 bits per heavy atom. The fraction of sp³-hybridized carbons (Fsp3) is 0.105. The fourth-order valence-electron chi connectivity index (χ4n) is 2.93. The number of pyridine rings is 1. The van der Waals surface area contributed by atoms with Gasteiger partial charge >= 0.3 is 0 Å². The van der Waals surface area contributed by atoms with Crippen LogP contribution in [0.2, 0.25) is 5.02 Å². The molecule has 0 radical (unpaired) electrons. The second-order valence-corrected chi connectivity index (χ2v) is 8.72. The standard InChI is InChI=1S/C19H16ClN5O3S/c20-14-6-7-16(29(26,27)11-12-4-2-1-3-5-12)13(8-14)10-28-15-9-17(21)22-19-18(15)23-25-24-19/h1-9H,10-11H2,(H3,21,22,23,24,25). The predicted molar refractivity (Wildman–Crippen MR) is 109 cm³/mol. The molecule has 0 amide bonds. The smallest absolute Gasteiger partial charge is 0.207 e. The highest BCUT2D eigenvalue weighted by Crippen LogP contribution is 2.28. The molecule has 2 aromatic carbocycles. The van der Waals surface area contributed by atoms with Crippen LogP contribution in [0.15, 0.2) is 59.5 Å². The number of rotatable bonds is 6. The van der Waals surface area contributed by atoms with E-state index in [0.717, 1.165) is 0 Å². The van der Waals surface area contributed by atoms with Crippen LogP contribution in [0.5, 0.6) is 5.75 Å². The van der Waals surface area contributed by atoms with Crippen LogP contribution in [0.4, 0.5) is 5.82 Å². The van der Waals surface area contributed by atoms with E-state index in [2.05, 4.69) is 20.4 Å². The summed E-state index contributed by atoms with van der Waals surface area (Å²) in [4.78, 5) is 4.20. The Bertz CT molecular complexity index is 1280. The monoisotopic (exact) mass is 429 g/mol. The topological polar surface area (TPSA) is 124 Å². The summed E-state index contributed by atoms with van der Waals surface area (Å²) in [6.45, 7) is -0.0463. The first kappa shape index (κ1) is 19.2. The minimum Gasteiger partial charge on any atom is -0.486 e. The number of benzene rings is 2. The molecule has 0 saturated heterocycles. The molecule has 4 aromatic rings. The van der Waals surface area contributed by atoms with Crippen LogP contribution in [0.3, 0.4) is 0 Å². The number of H-pyrrole nitrogens is 1. The lowest BCUT2D eigenvalue weighted by Gasteiger charge is -2.13. The third kappa shape index (κ3) is 4.15. The number of ether oxygens (including phenoxy) is 1. The molecule has 0 unspecified atom stereocenters. The van der Waals surface area contributed by atoms with Crippen LogP contribution in [-0.4, -0.2) is 28.8 Å². The molecule has 4 rings (SSSR count). The van der Waals surface area contributed by atoms with E-state index in [1.165, 1.54) is 12.1 Å². The van der Waals surface area contributed by atoms with E-state index in [1.54, 1.807) is 36.4 Å². The first-order valence-electron chi connectivity index (χ1n) is 8.57. The van der Waals surface area contributed by atoms with Crippen LogP contribution < -0.4 is 10.5 Å². The van der Waals surface area contributed by atoms with Crippen molar-refractivity contribution in [1.82, 2.24) is 20.4 Å². The number of nitrogens with two attached hydrogens (primary N) is 1. The molecule has 148 valence electrons. The number of sulfone groups is 1. The number of nitrogens with one attached hydrogen (secondary N) is 1. The maximum atomic E-state index is 13.0. The van der Waals surface area contributed by atoms with Crippen molar-refractivity contribution in [2.45, 2.75) is 17.3 Å². The molecule has 2 aromatic heterocycles. The molecule has 0 aliphatic heterocycles. The van der Waals surface area contributed by atoms with Gasteiger partial charge in [0.15, 0.2) is 21.1 Å². The number of nitrogen functional groups attached to an aromatic ring is 1. The molecule has 0 atom stereocenters. The van der Waals surface area contributed by atoms with Gasteiger partial charge in [-0.2, -0.15) is 10.3 Å². The van der Waals surface area contributed by atoms with Gasteiger partial charge in [0.2, 0.25) is 5.65 Å². The van der Waals surface area contributed by atoms with E-state index in [9.17, 15) is 8.42 Å². The molecule has 0 saturated carbocycles. The largest absolute Gasteiger partial charge is 0.486 e. The molecule has 29 heavy (non-hydrogen) atoms. The minimum absolute atomic E-state index is 0.0463. The van der Waals surface area contributed by atoms with Gasteiger partial charge in [0.05, 0.1) is 10.6 Å². The highest BCUT2D eigenvalue weighted by atomic mass is 35.5. The highest BCUT2D eigenvalue weighted by Gasteiger charge is 2.21. The zero-order valence-corrected chi connectivity index (χ0v) is 16.6. The van der Waals surface area contributed by atoms with Gasteiger partial charge in [-0.1, -0.05) is 41.9 Å². The summed E-state index contributed by atoms with van der Waals surface area (Å²) in [5.74, 6) is 0.426. The van der Waals surface area contributed by atoms with Gasteiger partial charge in [0, 0.05) is 16.7 Å². The minimum atomic E-state index is -3.61. The fourth-order valence-corrected chi connectivity index (χ4v) is 4.70. The quantitative estimate of drug-likeness (QED) is 0.482. The number of hydrogen-bond donors (Lipinski definition) is 2. The number of aromatic amines is 1. The highest BCUT2D eigenvalue weighted by molar-refractivity contribution is 7.90. The number of aromatic nitrogens is 4. The first-order valence-corrected chi connectivity index (χ1v) is 10.6. The van der Waals surface area contributed by atoms with E-state index in [-0.39, 0.29) is 23.1 Å². The third-order valence-electron chi connectivity index (χ3n) is 4.22. The lowest BCUT2D eigenvalue weighted by Crippen LogP contribution is -2.10. The van der Waals surface area contributed by atoms with E-state index in [0.29, 0.717) is 33.1 Å². The Hall–Kier alpha value is -3.17. The van der Waals surface area contributed by atoms with Crippen LogP contribution in [-0.2, 0) is 22.2 Å². The number of halogens is 1. The maximum Gasteiger partial charge on any atom is 0.207 e. The molecule has 0 aliphatic rings. The Balaban J connectivity index is 1.66. The molecule has 10 heteroatoms. The van der Waals surface area contributed by atoms with Crippen molar-refractivity contribution in [2.24, 2.45) is 0 Å². The van der Waals surface area contributed by atoms with Gasteiger partial charge in [-0.05, 0) is 23.8 Å². The van der Waals surface area contributed by atoms with E-state index < -0.39 is 9.84 Å². The normalized spacial score (nSPS) is 11.6. The van der Waals surface area contributed by atoms with Gasteiger partial charge in [-0.25, -0.2) is 13.4 Å². The Labute approximate surface area is 171 Å². The van der Waals surface area contributed by atoms with Crippen LogP contribution in [0.1, 0.15) is 11.1 Å². The summed E-state index contributed by atoms with van der Waals surface area (Å²) in [6.07, 6.45) is 0. The van der Waals surface area contributed by atoms with Gasteiger partial charge < -0.3 is 10.5 Å². The molecular weight excluding hydrogens is 414 g/mol. The van der Waals surface area contributed by atoms with Gasteiger partial charge in [-0.15, -0.1) is 5.10 Å². The second-order valence-electron chi connectivity index (χ2n) is 6.33. The average molecular weight is 430 g/mol. The molecule has 0 fully saturated rings. The molecule has 0 bridgehead atoms. The van der Waals surface area contributed by atoms with Crippen molar-refractivity contribution in [3.05, 3.63) is 70.7 Å². The molecule has 8 nitrogen and oxygen atoms in total. The molecule has 3 N–H and O–H groups in total. The summed E-state index contributed by atoms with van der Waals surface area (Å²) < 4.78 is 31.8. The number of fused-ring (bicyclic) bond motifs is 1. The number of hydrogen-bond acceptors (Lipinski definition) is 7. The van der Waals surface area contributed by atoms with Crippen molar-refractivity contribution < 1.29 is 13.2 Å². The van der Waals surface area contributed by atoms with Crippen LogP contribution >= 0.6 is 11.6 Å². The summed E-state index contributed by atoms with van der Waals surface area (Å²) in [7, 11) is -3.61. The maximum absolute atomic E-state index is 13.0. The van der Waals surface area contributed by atoms with Crippen LogP contribution in [0, 0.1) is 0 Å². The van der Waals surface area contributed by atoms with Crippen molar-refractivity contribution in [3.8, 4) is 5.75 Å². The zero-order valence-electron chi connectivity index (χ0n) is 15.0. The second kappa shape index (κ2) is 7.69. The van der Waals surface area contributed by atoms with Crippen molar-refractivity contribution in [3.63, 3.8) is 0 Å². The summed E-state index contributed by atoms with van der Waals surface area (Å²) in [5.41, 5.74) is 7.60. The van der Waals surface area contributed by atoms with E-state index >= 15 is 0 Å². The Morgan fingerprint density at radius 1 is 1.07 bits per heavy atom. The van der Waals surface area contributed by atoms with Gasteiger partial charge in [0.1, 0.15) is 12.4 Å². The van der Waals surface area contributed by atoms with Crippen molar-refractivity contribution in [1.29, 1.82) is 0 Å². The molecule has 0 aliphatic carbocycles. The first-order chi connectivity index (χ1) is 13.9. The van der Waals surface area contributed by atoms with Crippen LogP contribution in [0.25, 0.3) is 11.2 Å². The predicted octanol–water partition coefficient (Wildman–Crippen LogP) is 3.14. The Kier molecular flexibility index (Phi) is 5.08. The van der Waals surface area contributed by atoms with Crippen molar-refractivity contribution in [2.75, 3.05) is 5.73 Å². The van der Waals surface area contributed by atoms with E-state index in [1.807, 2.05) is 6.07 Å². The molecular formula is C19H16ClN5O3S. The third-order valence-corrected chi connectivity index (χ3v) is 6.23. The van der Waals surface area contributed by atoms with E-state index in [4.69, 9.17) is 22.1 Å². The average Bonchev–Trinajstić information content (AvgIpc) is 3.15. The summed E-state index contributed by atoms with van der Waals surface area (Å²) in [5, 5.41) is 10.7. The summed E-state index contributed by atoms with van der Waals surface area (Å²) in [6, 6.07) is 15.1. The molecule has 0 spiro atoms. The number of anilines is 1. The van der Waals surface area contributed by atoms with Gasteiger partial charge in [-0.3, -0.25) is 0 Å².